The van der Waals surface area contributed by atoms with Crippen LogP contribution in [0.25, 0.3) is 93.2 Å². The number of hydrogen-bond acceptors (Lipinski definition) is 1. The molecule has 11 aromatic carbocycles. The highest BCUT2D eigenvalue weighted by atomic mass is 15.1. The van der Waals surface area contributed by atoms with Gasteiger partial charge in [0.25, 0.3) is 0 Å². The second-order valence-electron chi connectivity index (χ2n) is 16.1. The highest BCUT2D eigenvalue weighted by molar-refractivity contribution is 6.10. The molecule has 1 aromatic heterocycles. The Morgan fingerprint density at radius 3 is 1.24 bits per heavy atom. The molecule has 12 rings (SSSR count). The van der Waals surface area contributed by atoms with Crippen LogP contribution in [0.5, 0.6) is 0 Å². The van der Waals surface area contributed by atoms with Gasteiger partial charge in [-0.15, -0.1) is 0 Å². The van der Waals surface area contributed by atoms with Gasteiger partial charge in [-0.3, -0.25) is 0 Å². The third-order valence-electron chi connectivity index (χ3n) is 12.6. The van der Waals surface area contributed by atoms with Gasteiger partial charge in [-0.25, -0.2) is 0 Å². The average molecular weight is 789 g/mol. The van der Waals surface area contributed by atoms with E-state index in [0.29, 0.717) is 0 Å². The molecule has 0 saturated heterocycles. The minimum absolute atomic E-state index is 1.08. The second-order valence-corrected chi connectivity index (χ2v) is 16.1. The summed E-state index contributed by atoms with van der Waals surface area (Å²) in [6, 6.07) is 88.6. The van der Waals surface area contributed by atoms with Crippen molar-refractivity contribution in [2.24, 2.45) is 0 Å². The van der Waals surface area contributed by atoms with Crippen molar-refractivity contribution in [2.45, 2.75) is 0 Å². The zero-order chi connectivity index (χ0) is 41.0. The van der Waals surface area contributed by atoms with Crippen molar-refractivity contribution in [3.63, 3.8) is 0 Å². The van der Waals surface area contributed by atoms with E-state index in [-0.39, 0.29) is 0 Å². The molecule has 0 amide bonds. The van der Waals surface area contributed by atoms with Crippen LogP contribution in [0.2, 0.25) is 0 Å². The van der Waals surface area contributed by atoms with E-state index in [4.69, 9.17) is 0 Å². The molecule has 290 valence electrons. The summed E-state index contributed by atoms with van der Waals surface area (Å²) < 4.78 is 2.45. The molecule has 62 heavy (non-hydrogen) atoms. The van der Waals surface area contributed by atoms with Crippen LogP contribution >= 0.6 is 0 Å². The second kappa shape index (κ2) is 14.8. The first-order chi connectivity index (χ1) is 30.7. The van der Waals surface area contributed by atoms with Crippen molar-refractivity contribution in [1.29, 1.82) is 0 Å². The van der Waals surface area contributed by atoms with E-state index in [9.17, 15) is 0 Å². The number of hydrogen-bond donors (Lipinski definition) is 0. The van der Waals surface area contributed by atoms with Crippen LogP contribution < -0.4 is 4.90 Å². The lowest BCUT2D eigenvalue weighted by Crippen LogP contribution is -2.10. The number of fused-ring (bicyclic) bond motifs is 6. The Kier molecular flexibility index (Phi) is 8.53. The normalized spacial score (nSPS) is 11.5. The Morgan fingerprint density at radius 1 is 0.258 bits per heavy atom. The topological polar surface area (TPSA) is 8.17 Å². The third-order valence-corrected chi connectivity index (χ3v) is 12.6. The predicted molar refractivity (Wildman–Crippen MR) is 264 cm³/mol. The molecule has 0 aliphatic carbocycles. The molecule has 0 aliphatic heterocycles. The molecule has 12 aromatic rings. The van der Waals surface area contributed by atoms with Crippen LogP contribution in [0.4, 0.5) is 17.1 Å². The fraction of sp³-hybridized carbons (Fsp3) is 0. The van der Waals surface area contributed by atoms with Crippen LogP contribution in [0.15, 0.2) is 243 Å². The number of nitrogens with zero attached hydrogens (tertiary/aromatic N) is 2. The molecule has 0 N–H and O–H groups in total. The van der Waals surface area contributed by atoms with Gasteiger partial charge in [0.1, 0.15) is 0 Å². The summed E-state index contributed by atoms with van der Waals surface area (Å²) >= 11 is 0. The minimum atomic E-state index is 1.08. The maximum atomic E-state index is 2.45. The van der Waals surface area contributed by atoms with Crippen molar-refractivity contribution in [3.8, 4) is 39.1 Å². The Morgan fingerprint density at radius 2 is 0.694 bits per heavy atom. The zero-order valence-corrected chi connectivity index (χ0v) is 34.0. The number of rotatable bonds is 7. The maximum Gasteiger partial charge on any atom is 0.0546 e. The van der Waals surface area contributed by atoms with Gasteiger partial charge >= 0.3 is 0 Å². The van der Waals surface area contributed by atoms with Crippen LogP contribution in [-0.4, -0.2) is 4.57 Å². The van der Waals surface area contributed by atoms with Gasteiger partial charge in [-0.1, -0.05) is 182 Å². The Hall–Kier alpha value is -8.20. The summed E-state index contributed by atoms with van der Waals surface area (Å²) in [6.45, 7) is 0. The average Bonchev–Trinajstić information content (AvgIpc) is 3.68. The zero-order valence-electron chi connectivity index (χ0n) is 34.0. The van der Waals surface area contributed by atoms with E-state index in [1.807, 2.05) is 0 Å². The summed E-state index contributed by atoms with van der Waals surface area (Å²) in [4.78, 5) is 2.39. The van der Waals surface area contributed by atoms with Crippen LogP contribution in [0.3, 0.4) is 0 Å². The molecule has 2 nitrogen and oxygen atoms in total. The lowest BCUT2D eigenvalue weighted by molar-refractivity contribution is 1.19. The Bertz CT molecular complexity index is 3450. The van der Waals surface area contributed by atoms with Crippen molar-refractivity contribution < 1.29 is 0 Å². The van der Waals surface area contributed by atoms with Crippen LogP contribution in [0, 0.1) is 0 Å². The molecule has 0 unspecified atom stereocenters. The third kappa shape index (κ3) is 6.04. The monoisotopic (exact) mass is 788 g/mol. The van der Waals surface area contributed by atoms with Crippen molar-refractivity contribution in [1.82, 2.24) is 4.57 Å². The van der Waals surface area contributed by atoms with Crippen molar-refractivity contribution >= 4 is 71.2 Å². The standard InChI is InChI=1S/C60H40N2/c1-2-17-46-40-60(62-58-28-9-7-24-55(58)56-25-8-10-29-59(56)62)57(39-45(46)16-1)47-20-11-21-50(38-47)61(48-34-30-43(31-35-48)53-26-12-18-41-14-3-5-22-51(41)53)49-36-32-44(33-37-49)54-27-13-19-42-15-4-6-23-52(42)54/h1-40H. The molecule has 0 bridgehead atoms. The molecule has 1 heterocycles. The summed E-state index contributed by atoms with van der Waals surface area (Å²) in [5, 5.41) is 9.92. The predicted octanol–water partition coefficient (Wildman–Crippen LogP) is 16.7. The van der Waals surface area contributed by atoms with E-state index in [1.165, 1.54) is 81.9 Å². The number of para-hydroxylation sites is 2. The van der Waals surface area contributed by atoms with E-state index in [0.717, 1.165) is 28.3 Å². The smallest absolute Gasteiger partial charge is 0.0546 e. The molecule has 0 aliphatic rings. The fourth-order valence-electron chi connectivity index (χ4n) is 9.62. The van der Waals surface area contributed by atoms with Gasteiger partial charge < -0.3 is 9.47 Å². The lowest BCUT2D eigenvalue weighted by atomic mass is 9.96. The van der Waals surface area contributed by atoms with Gasteiger partial charge in [-0.2, -0.15) is 0 Å². The van der Waals surface area contributed by atoms with Crippen molar-refractivity contribution in [2.75, 3.05) is 4.90 Å². The van der Waals surface area contributed by atoms with E-state index < -0.39 is 0 Å². The maximum absolute atomic E-state index is 2.45. The first kappa shape index (κ1) is 35.7. The SMILES string of the molecule is c1cc(-c2cc3ccccc3cc2-n2c3ccccc3c3ccccc32)cc(N(c2ccc(-c3cccc4ccccc34)cc2)c2ccc(-c3cccc4ccccc34)cc2)c1. The van der Waals surface area contributed by atoms with Gasteiger partial charge in [-0.05, 0) is 121 Å². The van der Waals surface area contributed by atoms with Crippen molar-refractivity contribution in [3.05, 3.63) is 243 Å². The summed E-state index contributed by atoms with van der Waals surface area (Å²) in [6.07, 6.45) is 0. The molecule has 0 saturated carbocycles. The highest BCUT2D eigenvalue weighted by Gasteiger charge is 2.19. The minimum Gasteiger partial charge on any atom is -0.310 e. The Balaban J connectivity index is 1.03. The Labute approximate surface area is 360 Å². The van der Waals surface area contributed by atoms with Crippen LogP contribution in [-0.2, 0) is 0 Å². The quantitative estimate of drug-likeness (QED) is 0.156. The van der Waals surface area contributed by atoms with Crippen LogP contribution in [0.1, 0.15) is 0 Å². The lowest BCUT2D eigenvalue weighted by Gasteiger charge is -2.27. The molecule has 0 fully saturated rings. The summed E-state index contributed by atoms with van der Waals surface area (Å²) in [7, 11) is 0. The molecular weight excluding hydrogens is 749 g/mol. The number of benzene rings is 11. The molecule has 2 heteroatoms. The summed E-state index contributed by atoms with van der Waals surface area (Å²) in [5.41, 5.74) is 14.0. The molecule has 0 spiro atoms. The van der Waals surface area contributed by atoms with Gasteiger partial charge in [0.05, 0.1) is 16.7 Å². The molecule has 0 radical (unpaired) electrons. The molecular formula is C60H40N2. The number of aromatic nitrogens is 1. The molecule has 0 atom stereocenters. The van der Waals surface area contributed by atoms with E-state index in [1.54, 1.807) is 0 Å². The fourth-order valence-corrected chi connectivity index (χ4v) is 9.62. The number of anilines is 3. The van der Waals surface area contributed by atoms with E-state index in [2.05, 4.69) is 252 Å². The first-order valence-corrected chi connectivity index (χ1v) is 21.3. The summed E-state index contributed by atoms with van der Waals surface area (Å²) in [5.74, 6) is 0. The van der Waals surface area contributed by atoms with Gasteiger partial charge in [0, 0.05) is 33.4 Å². The largest absolute Gasteiger partial charge is 0.310 e. The van der Waals surface area contributed by atoms with Gasteiger partial charge in [0.15, 0.2) is 0 Å². The van der Waals surface area contributed by atoms with Gasteiger partial charge in [0.2, 0.25) is 0 Å². The first-order valence-electron chi connectivity index (χ1n) is 21.3. The highest BCUT2D eigenvalue weighted by Crippen LogP contribution is 2.43. The van der Waals surface area contributed by atoms with E-state index >= 15 is 0 Å².